The van der Waals surface area contributed by atoms with Crippen molar-refractivity contribution >= 4 is 5.84 Å². The average Bonchev–Trinajstić information content (AvgIpc) is 2.40. The van der Waals surface area contributed by atoms with Crippen molar-refractivity contribution in [3.05, 3.63) is 35.4 Å². The Balaban J connectivity index is 1.83. The van der Waals surface area contributed by atoms with E-state index in [2.05, 4.69) is 11.9 Å². The molecule has 0 amide bonds. The summed E-state index contributed by atoms with van der Waals surface area (Å²) in [5, 5.41) is 7.37. The van der Waals surface area contributed by atoms with Crippen LogP contribution in [0, 0.1) is 11.3 Å². The molecular formula is C15H23N3O. The number of ether oxygens (including phenoxy) is 1. The normalized spacial score (nSPS) is 19.6. The Bertz CT molecular complexity index is 410. The molecule has 0 spiro atoms. The van der Waals surface area contributed by atoms with Crippen molar-refractivity contribution in [3.8, 4) is 0 Å². The molecule has 2 rings (SSSR count). The largest absolute Gasteiger partial charge is 0.384 e. The molecule has 0 radical (unpaired) electrons. The van der Waals surface area contributed by atoms with Crippen LogP contribution >= 0.6 is 0 Å². The van der Waals surface area contributed by atoms with Gasteiger partial charge in [0.1, 0.15) is 5.84 Å². The van der Waals surface area contributed by atoms with Crippen LogP contribution in [-0.4, -0.2) is 37.5 Å². The molecule has 1 aromatic carbocycles. The van der Waals surface area contributed by atoms with Crippen molar-refractivity contribution in [1.29, 1.82) is 5.41 Å². The Morgan fingerprint density at radius 1 is 1.42 bits per heavy atom. The maximum absolute atomic E-state index is 7.37. The Morgan fingerprint density at radius 2 is 2.16 bits per heavy atom. The SMILES string of the molecule is CN(Cc1ccc(C(=N)N)cc1)CC1CCCOC1. The van der Waals surface area contributed by atoms with E-state index in [-0.39, 0.29) is 5.84 Å². The summed E-state index contributed by atoms with van der Waals surface area (Å²) < 4.78 is 5.51. The van der Waals surface area contributed by atoms with E-state index in [4.69, 9.17) is 15.9 Å². The first-order valence-electron chi connectivity index (χ1n) is 6.85. The molecular weight excluding hydrogens is 238 g/mol. The second-order valence-corrected chi connectivity index (χ2v) is 5.39. The summed E-state index contributed by atoms with van der Waals surface area (Å²) in [6.45, 7) is 3.82. The van der Waals surface area contributed by atoms with Crippen LogP contribution in [0.1, 0.15) is 24.0 Å². The van der Waals surface area contributed by atoms with E-state index in [1.54, 1.807) is 0 Å². The molecule has 0 aromatic heterocycles. The summed E-state index contributed by atoms with van der Waals surface area (Å²) in [5.74, 6) is 0.787. The fraction of sp³-hybridized carbons (Fsp3) is 0.533. The summed E-state index contributed by atoms with van der Waals surface area (Å²) in [6.07, 6.45) is 2.46. The van der Waals surface area contributed by atoms with Gasteiger partial charge in [-0.1, -0.05) is 24.3 Å². The highest BCUT2D eigenvalue weighted by Crippen LogP contribution is 2.15. The van der Waals surface area contributed by atoms with Gasteiger partial charge < -0.3 is 15.4 Å². The summed E-state index contributed by atoms with van der Waals surface area (Å²) in [5.41, 5.74) is 7.49. The summed E-state index contributed by atoms with van der Waals surface area (Å²) >= 11 is 0. The van der Waals surface area contributed by atoms with Crippen LogP contribution in [0.4, 0.5) is 0 Å². The highest BCUT2D eigenvalue weighted by Gasteiger charge is 2.15. The quantitative estimate of drug-likeness (QED) is 0.628. The molecule has 1 fully saturated rings. The van der Waals surface area contributed by atoms with Gasteiger partial charge in [0.15, 0.2) is 0 Å². The van der Waals surface area contributed by atoms with Gasteiger partial charge in [0.25, 0.3) is 0 Å². The molecule has 4 nitrogen and oxygen atoms in total. The fourth-order valence-electron chi connectivity index (χ4n) is 2.56. The number of rotatable bonds is 5. The monoisotopic (exact) mass is 261 g/mol. The van der Waals surface area contributed by atoms with Crippen molar-refractivity contribution in [2.75, 3.05) is 26.8 Å². The first-order chi connectivity index (χ1) is 9.15. The van der Waals surface area contributed by atoms with Gasteiger partial charge in [0, 0.05) is 25.3 Å². The minimum absolute atomic E-state index is 0.124. The molecule has 1 saturated heterocycles. The van der Waals surface area contributed by atoms with Crippen LogP contribution in [0.15, 0.2) is 24.3 Å². The molecule has 0 bridgehead atoms. The van der Waals surface area contributed by atoms with E-state index >= 15 is 0 Å². The number of nitrogens with two attached hydrogens (primary N) is 1. The second kappa shape index (κ2) is 6.68. The molecule has 0 aliphatic carbocycles. The van der Waals surface area contributed by atoms with Gasteiger partial charge in [-0.25, -0.2) is 0 Å². The molecule has 1 aliphatic heterocycles. The molecule has 1 heterocycles. The Labute approximate surface area is 115 Å². The van der Waals surface area contributed by atoms with Crippen molar-refractivity contribution in [2.45, 2.75) is 19.4 Å². The Kier molecular flexibility index (Phi) is 4.93. The van der Waals surface area contributed by atoms with Gasteiger partial charge in [-0.15, -0.1) is 0 Å². The minimum atomic E-state index is 0.124. The maximum atomic E-state index is 7.37. The van der Waals surface area contributed by atoms with Crippen LogP contribution in [0.25, 0.3) is 0 Å². The predicted molar refractivity (Wildman–Crippen MR) is 77.3 cm³/mol. The lowest BCUT2D eigenvalue weighted by Crippen LogP contribution is -2.30. The van der Waals surface area contributed by atoms with Gasteiger partial charge in [0.05, 0.1) is 6.61 Å². The van der Waals surface area contributed by atoms with E-state index in [0.29, 0.717) is 5.92 Å². The molecule has 104 valence electrons. The number of hydrogen-bond acceptors (Lipinski definition) is 3. The first-order valence-corrected chi connectivity index (χ1v) is 6.85. The van der Waals surface area contributed by atoms with Gasteiger partial charge in [-0.2, -0.15) is 0 Å². The van der Waals surface area contributed by atoms with E-state index in [9.17, 15) is 0 Å². The smallest absolute Gasteiger partial charge is 0.122 e. The minimum Gasteiger partial charge on any atom is -0.384 e. The molecule has 19 heavy (non-hydrogen) atoms. The topological polar surface area (TPSA) is 62.3 Å². The standard InChI is InChI=1S/C15H23N3O/c1-18(10-13-3-2-8-19-11-13)9-12-4-6-14(7-5-12)15(16)17/h4-7,13H,2-3,8-11H2,1H3,(H3,16,17). The third kappa shape index (κ3) is 4.33. The van der Waals surface area contributed by atoms with Crippen molar-refractivity contribution in [1.82, 2.24) is 4.90 Å². The van der Waals surface area contributed by atoms with Gasteiger partial charge >= 0.3 is 0 Å². The summed E-state index contributed by atoms with van der Waals surface area (Å²) in [7, 11) is 2.15. The fourth-order valence-corrected chi connectivity index (χ4v) is 2.56. The molecule has 3 N–H and O–H groups in total. The average molecular weight is 261 g/mol. The van der Waals surface area contributed by atoms with Crippen LogP contribution in [-0.2, 0) is 11.3 Å². The zero-order valence-corrected chi connectivity index (χ0v) is 11.6. The molecule has 0 saturated carbocycles. The van der Waals surface area contributed by atoms with Crippen LogP contribution in [0.3, 0.4) is 0 Å². The van der Waals surface area contributed by atoms with Crippen LogP contribution in [0.2, 0.25) is 0 Å². The number of hydrogen-bond donors (Lipinski definition) is 2. The van der Waals surface area contributed by atoms with Crippen LogP contribution < -0.4 is 5.73 Å². The zero-order valence-electron chi connectivity index (χ0n) is 11.6. The Morgan fingerprint density at radius 3 is 2.74 bits per heavy atom. The van der Waals surface area contributed by atoms with E-state index in [1.165, 1.54) is 18.4 Å². The van der Waals surface area contributed by atoms with Gasteiger partial charge in [0.2, 0.25) is 0 Å². The number of benzene rings is 1. The lowest BCUT2D eigenvalue weighted by Gasteiger charge is -2.27. The second-order valence-electron chi connectivity index (χ2n) is 5.39. The van der Waals surface area contributed by atoms with Crippen molar-refractivity contribution < 1.29 is 4.74 Å². The van der Waals surface area contributed by atoms with E-state index in [0.717, 1.165) is 31.9 Å². The van der Waals surface area contributed by atoms with E-state index in [1.807, 2.05) is 24.3 Å². The summed E-state index contributed by atoms with van der Waals surface area (Å²) in [4.78, 5) is 2.34. The molecule has 1 atom stereocenters. The number of amidine groups is 1. The number of nitrogen functional groups attached to an aromatic ring is 1. The lowest BCUT2D eigenvalue weighted by molar-refractivity contribution is 0.0411. The molecule has 1 aliphatic rings. The molecule has 4 heteroatoms. The molecule has 1 aromatic rings. The number of nitrogens with one attached hydrogen (secondary N) is 1. The zero-order chi connectivity index (χ0) is 13.7. The predicted octanol–water partition coefficient (Wildman–Crippen LogP) is 1.83. The van der Waals surface area contributed by atoms with Crippen molar-refractivity contribution in [2.24, 2.45) is 11.7 Å². The maximum Gasteiger partial charge on any atom is 0.122 e. The Hall–Kier alpha value is -1.39. The highest BCUT2D eigenvalue weighted by molar-refractivity contribution is 5.94. The van der Waals surface area contributed by atoms with Gasteiger partial charge in [-0.3, -0.25) is 5.41 Å². The van der Waals surface area contributed by atoms with Crippen molar-refractivity contribution in [3.63, 3.8) is 0 Å². The van der Waals surface area contributed by atoms with Gasteiger partial charge in [-0.05, 0) is 31.4 Å². The van der Waals surface area contributed by atoms with Crippen LogP contribution in [0.5, 0.6) is 0 Å². The summed E-state index contributed by atoms with van der Waals surface area (Å²) in [6, 6.07) is 7.92. The highest BCUT2D eigenvalue weighted by atomic mass is 16.5. The third-order valence-electron chi connectivity index (χ3n) is 3.54. The third-order valence-corrected chi connectivity index (χ3v) is 3.54. The molecule has 1 unspecified atom stereocenters. The lowest BCUT2D eigenvalue weighted by atomic mass is 10.0. The first kappa shape index (κ1) is 14.0. The van der Waals surface area contributed by atoms with E-state index < -0.39 is 0 Å². The number of nitrogens with zero attached hydrogens (tertiary/aromatic N) is 1.